The van der Waals surface area contributed by atoms with Gasteiger partial charge in [-0.25, -0.2) is 0 Å². The number of esters is 1. The fourth-order valence-electron chi connectivity index (χ4n) is 0.544. The molecule has 0 radical (unpaired) electrons. The molecule has 0 fully saturated rings. The van der Waals surface area contributed by atoms with E-state index in [1.165, 1.54) is 6.08 Å². The van der Waals surface area contributed by atoms with Crippen LogP contribution in [0.4, 0.5) is 0 Å². The van der Waals surface area contributed by atoms with E-state index in [0.717, 1.165) is 31.6 Å². The van der Waals surface area contributed by atoms with E-state index >= 15 is 0 Å². The molecule has 0 aliphatic heterocycles. The van der Waals surface area contributed by atoms with Crippen LogP contribution in [-0.2, 0) is 19.1 Å². The van der Waals surface area contributed by atoms with Crippen molar-refractivity contribution in [3.05, 3.63) is 12.7 Å². The van der Waals surface area contributed by atoms with Crippen LogP contribution in [0, 0.1) is 0 Å². The van der Waals surface area contributed by atoms with Crippen molar-refractivity contribution in [2.45, 2.75) is 29.5 Å². The zero-order chi connectivity index (χ0) is 13.8. The maximum Gasteiger partial charge on any atom is 0.303 e. The van der Waals surface area contributed by atoms with Crippen LogP contribution in [0.2, 0.25) is 3.67 Å². The average Bonchev–Trinajstić information content (AvgIpc) is 2.26. The number of aliphatic carboxylic acids is 2. The van der Waals surface area contributed by atoms with Crippen molar-refractivity contribution in [3.63, 3.8) is 0 Å². The summed E-state index contributed by atoms with van der Waals surface area (Å²) in [5.74, 6) is -2.47. The third-order valence-corrected chi connectivity index (χ3v) is 2.76. The standard InChI is InChI=1S/C6H9O2.C4H6O4.Na/c1-4-6(7)8-5(2)3;5-3(6)1-2-4(7)8;/h4-5H,1-2H2,3H3;1-2H2,(H,5,6)(H,7,8);. The van der Waals surface area contributed by atoms with Crippen molar-refractivity contribution in [2.75, 3.05) is 0 Å². The minimum absolute atomic E-state index is 0.0715. The number of ether oxygens (including phenoxy) is 1. The largest absolute Gasteiger partial charge is 0.481 e. The van der Waals surface area contributed by atoms with Crippen molar-refractivity contribution in [2.24, 2.45) is 0 Å². The second-order valence-corrected chi connectivity index (χ2v) is 3.96. The summed E-state index contributed by atoms with van der Waals surface area (Å²) < 4.78 is 5.81. The van der Waals surface area contributed by atoms with E-state index in [-0.39, 0.29) is 24.9 Å². The molecule has 0 aromatic heterocycles. The summed E-state index contributed by atoms with van der Waals surface area (Å²) in [5, 5.41) is 15.8. The Morgan fingerprint density at radius 1 is 1.29 bits per heavy atom. The summed E-state index contributed by atoms with van der Waals surface area (Å²) >= 11 is 1.07. The van der Waals surface area contributed by atoms with E-state index in [9.17, 15) is 14.4 Å². The van der Waals surface area contributed by atoms with Gasteiger partial charge in [-0.05, 0) is 0 Å². The zero-order valence-electron chi connectivity index (χ0n) is 10.0. The number of carbonyl (C=O) groups is 3. The van der Waals surface area contributed by atoms with Gasteiger partial charge < -0.3 is 10.2 Å². The Balaban J connectivity index is 0. The van der Waals surface area contributed by atoms with Crippen LogP contribution in [0.25, 0.3) is 0 Å². The molecule has 2 N–H and O–H groups in total. The summed E-state index contributed by atoms with van der Waals surface area (Å²) in [6.45, 7) is 5.17. The predicted molar refractivity (Wildman–Crippen MR) is 60.8 cm³/mol. The molecule has 6 nitrogen and oxygen atoms in total. The van der Waals surface area contributed by atoms with Gasteiger partial charge in [0.05, 0.1) is 12.8 Å². The molecule has 0 saturated heterocycles. The van der Waals surface area contributed by atoms with Gasteiger partial charge in [0.1, 0.15) is 0 Å². The first-order chi connectivity index (χ1) is 7.83. The van der Waals surface area contributed by atoms with E-state index < -0.39 is 11.9 Å². The first-order valence-corrected chi connectivity index (χ1v) is 6.51. The molecule has 0 aliphatic rings. The molecule has 0 aliphatic carbocycles. The van der Waals surface area contributed by atoms with Crippen LogP contribution < -0.4 is 0 Å². The molecule has 7 heteroatoms. The number of hydrogen-bond acceptors (Lipinski definition) is 4. The van der Waals surface area contributed by atoms with Gasteiger partial charge in [-0.2, -0.15) is 0 Å². The smallest absolute Gasteiger partial charge is 0.303 e. The molecule has 0 heterocycles. The first kappa shape index (κ1) is 18.5. The van der Waals surface area contributed by atoms with Gasteiger partial charge in [-0.15, -0.1) is 0 Å². The average molecular weight is 254 g/mol. The van der Waals surface area contributed by atoms with Crippen LogP contribution in [0.3, 0.4) is 0 Å². The molecule has 0 amide bonds. The summed E-state index contributed by atoms with van der Waals surface area (Å²) in [7, 11) is 0. The van der Waals surface area contributed by atoms with E-state index in [4.69, 9.17) is 14.9 Å². The zero-order valence-corrected chi connectivity index (χ0v) is 12.0. The second-order valence-electron chi connectivity index (χ2n) is 3.15. The van der Waals surface area contributed by atoms with Crippen molar-refractivity contribution < 1.29 is 29.3 Å². The molecule has 1 atom stereocenters. The van der Waals surface area contributed by atoms with Gasteiger partial charge in [-0.1, -0.05) is 0 Å². The third kappa shape index (κ3) is 17.7. The van der Waals surface area contributed by atoms with Gasteiger partial charge >= 0.3 is 84.7 Å². The Hall–Kier alpha value is -0.850. The molecular weight excluding hydrogens is 239 g/mol. The number of carbonyl (C=O) groups excluding carboxylic acids is 1. The fourth-order valence-corrected chi connectivity index (χ4v) is 0.710. The van der Waals surface area contributed by atoms with Crippen LogP contribution in [0.15, 0.2) is 12.7 Å². The molecule has 0 spiro atoms. The molecule has 17 heavy (non-hydrogen) atoms. The molecule has 1 unspecified atom stereocenters. The quantitative estimate of drug-likeness (QED) is 0.409. The topological polar surface area (TPSA) is 101 Å². The Bertz CT molecular complexity index is 262. The van der Waals surface area contributed by atoms with Gasteiger partial charge in [0.25, 0.3) is 0 Å². The van der Waals surface area contributed by atoms with E-state index in [2.05, 4.69) is 6.58 Å². The maximum absolute atomic E-state index is 10.5. The number of carboxylic acids is 2. The predicted octanol–water partition coefficient (Wildman–Crippen LogP) is 0.627. The Morgan fingerprint density at radius 3 is 1.94 bits per heavy atom. The van der Waals surface area contributed by atoms with Crippen molar-refractivity contribution in [1.29, 1.82) is 0 Å². The molecule has 0 saturated carbocycles. The maximum atomic E-state index is 10.5. The Kier molecular flexibility index (Phi) is 12.7. The monoisotopic (exact) mass is 254 g/mol. The summed E-state index contributed by atoms with van der Waals surface area (Å²) in [6, 6.07) is 0. The SMILES string of the molecule is C=CC(=O)OC(C)[CH2][Na].O=C(O)CCC(=O)O. The van der Waals surface area contributed by atoms with E-state index in [0.29, 0.717) is 0 Å². The van der Waals surface area contributed by atoms with Crippen LogP contribution in [0.1, 0.15) is 19.8 Å². The first-order valence-electron chi connectivity index (χ1n) is 5.10. The number of rotatable bonds is 6. The van der Waals surface area contributed by atoms with Crippen LogP contribution >= 0.6 is 0 Å². The van der Waals surface area contributed by atoms with Crippen LogP contribution in [-0.4, -0.2) is 62.2 Å². The van der Waals surface area contributed by atoms with E-state index in [1.807, 2.05) is 6.92 Å². The van der Waals surface area contributed by atoms with E-state index in [1.54, 1.807) is 0 Å². The fraction of sp³-hybridized carbons (Fsp3) is 0.500. The van der Waals surface area contributed by atoms with Gasteiger partial charge in [0.2, 0.25) is 0 Å². The van der Waals surface area contributed by atoms with Gasteiger partial charge in [0.15, 0.2) is 0 Å². The summed E-state index contributed by atoms with van der Waals surface area (Å²) in [6.07, 6.45) is 0.667. The Morgan fingerprint density at radius 2 is 1.71 bits per heavy atom. The van der Waals surface area contributed by atoms with Gasteiger partial charge in [0, 0.05) is 0 Å². The number of hydrogen-bond donors (Lipinski definition) is 2. The van der Waals surface area contributed by atoms with Crippen molar-refractivity contribution >= 4 is 45.8 Å². The van der Waals surface area contributed by atoms with Crippen LogP contribution in [0.5, 0.6) is 0 Å². The minimum atomic E-state index is -1.08. The van der Waals surface area contributed by atoms with Crippen molar-refractivity contribution in [1.82, 2.24) is 0 Å². The normalized spacial score (nSPS) is 10.5. The molecule has 0 bridgehead atoms. The molecule has 0 aromatic carbocycles. The molecule has 92 valence electrons. The third-order valence-electron chi connectivity index (χ3n) is 1.61. The molecule has 0 rings (SSSR count). The second kappa shape index (κ2) is 11.6. The summed E-state index contributed by atoms with van der Waals surface area (Å²) in [5.41, 5.74) is 0. The molecule has 0 aromatic rings. The minimum Gasteiger partial charge on any atom is -0.481 e. The number of carboxylic acid groups (broad SMARTS) is 2. The van der Waals surface area contributed by atoms with Crippen molar-refractivity contribution in [3.8, 4) is 0 Å². The van der Waals surface area contributed by atoms with Gasteiger partial charge in [-0.3, -0.25) is 9.59 Å². The molecular formula is C10H15NaO6. The Labute approximate surface area is 117 Å². The summed E-state index contributed by atoms with van der Waals surface area (Å²) in [4.78, 5) is 29.7.